The molecule has 0 atom stereocenters. The first kappa shape index (κ1) is 21.6. The number of carbonyl (C=O) groups is 1. The lowest BCUT2D eigenvalue weighted by atomic mass is 10.1. The van der Waals surface area contributed by atoms with E-state index in [1.165, 1.54) is 36.0 Å². The van der Waals surface area contributed by atoms with Gasteiger partial charge in [0, 0.05) is 30.3 Å². The average Bonchev–Trinajstić information content (AvgIpc) is 3.37. The molecule has 1 aliphatic rings. The minimum absolute atomic E-state index is 0.0250. The fourth-order valence-corrected chi connectivity index (χ4v) is 5.44. The normalized spacial score (nSPS) is 13.5. The number of imidazole rings is 1. The Morgan fingerprint density at radius 2 is 1.90 bits per heavy atom. The number of aryl methyl sites for hydroxylation is 2. The van der Waals surface area contributed by atoms with E-state index in [0.717, 1.165) is 22.1 Å². The van der Waals surface area contributed by atoms with E-state index in [2.05, 4.69) is 41.8 Å². The van der Waals surface area contributed by atoms with E-state index in [4.69, 9.17) is 0 Å². The number of aromatic nitrogens is 2. The Hall–Kier alpha value is -2.62. The van der Waals surface area contributed by atoms with Crippen molar-refractivity contribution in [2.45, 2.75) is 30.3 Å². The molecule has 0 spiro atoms. The highest BCUT2D eigenvalue weighted by Crippen LogP contribution is 2.31. The zero-order valence-corrected chi connectivity index (χ0v) is 19.3. The molecule has 2 heterocycles. The van der Waals surface area contributed by atoms with Gasteiger partial charge in [-0.05, 0) is 74.3 Å². The Bertz CT molecular complexity index is 1230. The summed E-state index contributed by atoms with van der Waals surface area (Å²) in [6.07, 6.45) is 4.27. The Balaban J connectivity index is 1.49. The van der Waals surface area contributed by atoms with Crippen LogP contribution in [-0.4, -0.2) is 43.2 Å². The molecular weight excluding hydrogens is 432 g/mol. The van der Waals surface area contributed by atoms with Crippen molar-refractivity contribution >= 4 is 33.4 Å². The third-order valence-corrected chi connectivity index (χ3v) is 7.61. The second-order valence-corrected chi connectivity index (χ2v) is 10.3. The van der Waals surface area contributed by atoms with Crippen molar-refractivity contribution in [2.24, 2.45) is 0 Å². The summed E-state index contributed by atoms with van der Waals surface area (Å²) in [6, 6.07) is 11.2. The van der Waals surface area contributed by atoms with Crippen LogP contribution < -0.4 is 9.62 Å². The third kappa shape index (κ3) is 4.39. The second-order valence-electron chi connectivity index (χ2n) is 7.51. The van der Waals surface area contributed by atoms with E-state index >= 15 is 0 Å². The van der Waals surface area contributed by atoms with Gasteiger partial charge in [0.1, 0.15) is 0 Å². The average molecular weight is 457 g/mol. The summed E-state index contributed by atoms with van der Waals surface area (Å²) in [7, 11) is -2.12. The van der Waals surface area contributed by atoms with Crippen LogP contribution in [0.25, 0.3) is 5.69 Å². The highest BCUT2D eigenvalue weighted by atomic mass is 32.2. The quantitative estimate of drug-likeness (QED) is 0.577. The molecule has 0 unspecified atom stereocenters. The lowest BCUT2D eigenvalue weighted by Gasteiger charge is -2.17. The summed E-state index contributed by atoms with van der Waals surface area (Å²) in [6.45, 7) is 4.66. The first-order valence-electron chi connectivity index (χ1n) is 9.90. The van der Waals surface area contributed by atoms with Gasteiger partial charge in [-0.25, -0.2) is 18.1 Å². The van der Waals surface area contributed by atoms with Crippen molar-refractivity contribution in [1.29, 1.82) is 0 Å². The summed E-state index contributed by atoms with van der Waals surface area (Å²) in [5, 5.41) is 0.758. The highest BCUT2D eigenvalue weighted by molar-refractivity contribution is 7.99. The summed E-state index contributed by atoms with van der Waals surface area (Å²) >= 11 is 1.40. The number of benzene rings is 2. The predicted molar refractivity (Wildman–Crippen MR) is 123 cm³/mol. The minimum Gasteiger partial charge on any atom is -0.311 e. The molecule has 31 heavy (non-hydrogen) atoms. The molecule has 0 radical (unpaired) electrons. The van der Waals surface area contributed by atoms with Crippen LogP contribution in [0.1, 0.15) is 16.7 Å². The Kier molecular flexibility index (Phi) is 5.92. The SMILES string of the molecule is CNS(=O)(=O)c1ccc2c(c1)CCN2C(=O)CSc1nccn1-c1cc(C)cc(C)c1. The van der Waals surface area contributed by atoms with Crippen molar-refractivity contribution in [3.05, 3.63) is 65.5 Å². The number of nitrogens with zero attached hydrogens (tertiary/aromatic N) is 3. The fraction of sp³-hybridized carbons (Fsp3) is 0.273. The van der Waals surface area contributed by atoms with Gasteiger partial charge in [0.25, 0.3) is 0 Å². The summed E-state index contributed by atoms with van der Waals surface area (Å²) in [5.74, 6) is 0.223. The van der Waals surface area contributed by atoms with E-state index in [-0.39, 0.29) is 16.6 Å². The first-order chi connectivity index (χ1) is 14.8. The molecular formula is C22H24N4O3S2. The van der Waals surface area contributed by atoms with Gasteiger partial charge in [0.05, 0.1) is 10.6 Å². The van der Waals surface area contributed by atoms with Crippen LogP contribution in [0.4, 0.5) is 5.69 Å². The van der Waals surface area contributed by atoms with Crippen molar-refractivity contribution in [3.8, 4) is 5.69 Å². The molecule has 1 amide bonds. The van der Waals surface area contributed by atoms with Crippen LogP contribution in [-0.2, 0) is 21.2 Å². The number of nitrogens with one attached hydrogen (secondary N) is 1. The van der Waals surface area contributed by atoms with Gasteiger partial charge < -0.3 is 4.90 Å². The maximum absolute atomic E-state index is 12.9. The van der Waals surface area contributed by atoms with Gasteiger partial charge >= 0.3 is 0 Å². The second kappa shape index (κ2) is 8.49. The maximum atomic E-state index is 12.9. The molecule has 0 saturated heterocycles. The molecule has 7 nitrogen and oxygen atoms in total. The van der Waals surface area contributed by atoms with Crippen LogP contribution >= 0.6 is 11.8 Å². The van der Waals surface area contributed by atoms with Gasteiger partial charge in [0.2, 0.25) is 15.9 Å². The van der Waals surface area contributed by atoms with Gasteiger partial charge in [-0.1, -0.05) is 17.8 Å². The predicted octanol–water partition coefficient (Wildman–Crippen LogP) is 3.08. The summed E-state index contributed by atoms with van der Waals surface area (Å²) in [5.41, 5.74) is 5.01. The molecule has 0 aliphatic carbocycles. The van der Waals surface area contributed by atoms with Crippen LogP contribution in [0, 0.1) is 13.8 Å². The zero-order chi connectivity index (χ0) is 22.2. The number of anilines is 1. The van der Waals surface area contributed by atoms with E-state index in [1.807, 2.05) is 10.8 Å². The van der Waals surface area contributed by atoms with E-state index < -0.39 is 10.0 Å². The molecule has 0 bridgehead atoms. The van der Waals surface area contributed by atoms with E-state index in [9.17, 15) is 13.2 Å². The third-order valence-electron chi connectivity index (χ3n) is 5.24. The topological polar surface area (TPSA) is 84.3 Å². The van der Waals surface area contributed by atoms with Crippen molar-refractivity contribution < 1.29 is 13.2 Å². The van der Waals surface area contributed by atoms with Gasteiger partial charge in [-0.15, -0.1) is 0 Å². The fourth-order valence-electron chi connectivity index (χ4n) is 3.81. The van der Waals surface area contributed by atoms with Gasteiger partial charge in [-0.2, -0.15) is 0 Å². The maximum Gasteiger partial charge on any atom is 0.240 e. The number of rotatable bonds is 6. The number of sulfonamides is 1. The van der Waals surface area contributed by atoms with Crippen molar-refractivity contribution in [3.63, 3.8) is 0 Å². The van der Waals surface area contributed by atoms with Crippen LogP contribution in [0.15, 0.2) is 58.8 Å². The lowest BCUT2D eigenvalue weighted by Crippen LogP contribution is -2.30. The van der Waals surface area contributed by atoms with Crippen LogP contribution in [0.5, 0.6) is 0 Å². The number of thioether (sulfide) groups is 1. The highest BCUT2D eigenvalue weighted by Gasteiger charge is 2.26. The number of hydrogen-bond acceptors (Lipinski definition) is 5. The van der Waals surface area contributed by atoms with Gasteiger partial charge in [0.15, 0.2) is 5.16 Å². The molecule has 1 aromatic heterocycles. The number of carbonyl (C=O) groups excluding carboxylic acids is 1. The standard InChI is InChI=1S/C22H24N4O3S2/c1-15-10-16(2)12-18(11-15)25-9-7-24-22(25)30-14-21(27)26-8-6-17-13-19(4-5-20(17)26)31(28,29)23-3/h4-5,7,9-13,23H,6,8,14H2,1-3H3. The number of hydrogen-bond donors (Lipinski definition) is 1. The van der Waals surface area contributed by atoms with Gasteiger partial charge in [-0.3, -0.25) is 9.36 Å². The molecule has 162 valence electrons. The van der Waals surface area contributed by atoms with Crippen LogP contribution in [0.2, 0.25) is 0 Å². The van der Waals surface area contributed by atoms with E-state index in [1.54, 1.807) is 23.2 Å². The lowest BCUT2D eigenvalue weighted by molar-refractivity contribution is -0.116. The molecule has 4 rings (SSSR count). The molecule has 3 aromatic rings. The molecule has 0 saturated carbocycles. The first-order valence-corrected chi connectivity index (χ1v) is 12.4. The van der Waals surface area contributed by atoms with Crippen LogP contribution in [0.3, 0.4) is 0 Å². The van der Waals surface area contributed by atoms with Crippen molar-refractivity contribution in [1.82, 2.24) is 14.3 Å². The summed E-state index contributed by atoms with van der Waals surface area (Å²) < 4.78 is 28.4. The Morgan fingerprint density at radius 1 is 1.16 bits per heavy atom. The zero-order valence-electron chi connectivity index (χ0n) is 17.6. The molecule has 2 aromatic carbocycles. The Morgan fingerprint density at radius 3 is 2.61 bits per heavy atom. The molecule has 0 fully saturated rings. The monoisotopic (exact) mass is 456 g/mol. The summed E-state index contributed by atoms with van der Waals surface area (Å²) in [4.78, 5) is 19.3. The molecule has 1 aliphatic heterocycles. The smallest absolute Gasteiger partial charge is 0.240 e. The number of fused-ring (bicyclic) bond motifs is 1. The van der Waals surface area contributed by atoms with E-state index in [0.29, 0.717) is 13.0 Å². The molecule has 1 N–H and O–H groups in total. The Labute approximate surface area is 186 Å². The molecule has 9 heteroatoms. The minimum atomic E-state index is -3.50. The number of amides is 1. The largest absolute Gasteiger partial charge is 0.311 e. The van der Waals surface area contributed by atoms with Crippen molar-refractivity contribution in [2.75, 3.05) is 24.2 Å².